The number of carbonyl (C=O) groups excluding carboxylic acids is 4. The molecule has 1 saturated heterocycles. The summed E-state index contributed by atoms with van der Waals surface area (Å²) in [5.74, 6) is 0.00840. The van der Waals surface area contributed by atoms with Crippen LogP contribution in [0, 0.1) is 6.92 Å². The Morgan fingerprint density at radius 1 is 1.29 bits per heavy atom. The summed E-state index contributed by atoms with van der Waals surface area (Å²) in [6.45, 7) is 2.31. The number of nitrogens with zero attached hydrogens (tertiary/aromatic N) is 1. The van der Waals surface area contributed by atoms with Crippen molar-refractivity contribution in [2.45, 2.75) is 51.6 Å². The van der Waals surface area contributed by atoms with Gasteiger partial charge in [-0.25, -0.2) is 0 Å². The minimum Gasteiger partial charge on any atom is -0.496 e. The number of methoxy groups -OCH3 is 1. The van der Waals surface area contributed by atoms with Gasteiger partial charge in [-0.2, -0.15) is 0 Å². The molecule has 3 amide bonds. The molecule has 2 aliphatic heterocycles. The molecule has 1 aromatic carbocycles. The summed E-state index contributed by atoms with van der Waals surface area (Å²) in [5.41, 5.74) is 3.46. The van der Waals surface area contributed by atoms with Crippen LogP contribution in [0.3, 0.4) is 0 Å². The lowest BCUT2D eigenvalue weighted by Crippen LogP contribution is -2.52. The number of nitrogens with one attached hydrogen (secondary N) is 1. The second kappa shape index (κ2) is 8.63. The molecular weight excluding hydrogens is 416 g/mol. The smallest absolute Gasteiger partial charge is 0.256 e. The van der Waals surface area contributed by atoms with Gasteiger partial charge in [-0.05, 0) is 42.5 Å². The summed E-state index contributed by atoms with van der Waals surface area (Å²) in [7, 11) is 1.62. The van der Waals surface area contributed by atoms with Crippen LogP contribution < -0.4 is 10.1 Å². The summed E-state index contributed by atoms with van der Waals surface area (Å²) in [6.07, 6.45) is 1.87. The van der Waals surface area contributed by atoms with Gasteiger partial charge in [0.1, 0.15) is 17.6 Å². The molecule has 1 fully saturated rings. The van der Waals surface area contributed by atoms with E-state index in [1.807, 2.05) is 30.5 Å². The molecule has 0 saturated carbocycles. The lowest BCUT2D eigenvalue weighted by atomic mass is 10.0. The van der Waals surface area contributed by atoms with Crippen molar-refractivity contribution in [3.63, 3.8) is 0 Å². The predicted molar refractivity (Wildman–Crippen MR) is 115 cm³/mol. The number of amides is 3. The largest absolute Gasteiger partial charge is 0.496 e. The first-order valence-corrected chi connectivity index (χ1v) is 11.1. The summed E-state index contributed by atoms with van der Waals surface area (Å²) < 4.78 is 5.33. The number of carbonyl (C=O) groups is 4. The van der Waals surface area contributed by atoms with Crippen molar-refractivity contribution in [2.75, 3.05) is 7.11 Å². The molecule has 4 rings (SSSR count). The summed E-state index contributed by atoms with van der Waals surface area (Å²) >= 11 is 1.49. The first kappa shape index (κ1) is 21.2. The van der Waals surface area contributed by atoms with E-state index in [4.69, 9.17) is 4.74 Å². The topological polar surface area (TPSA) is 92.8 Å². The van der Waals surface area contributed by atoms with Gasteiger partial charge in [0.25, 0.3) is 5.91 Å². The third kappa shape index (κ3) is 4.25. The zero-order chi connectivity index (χ0) is 22.1. The molecule has 0 aliphatic carbocycles. The quantitative estimate of drug-likeness (QED) is 0.668. The molecule has 31 heavy (non-hydrogen) atoms. The molecule has 2 aliphatic rings. The number of rotatable bonds is 7. The van der Waals surface area contributed by atoms with Crippen molar-refractivity contribution in [1.82, 2.24) is 10.2 Å². The Morgan fingerprint density at radius 2 is 2.10 bits per heavy atom. The van der Waals surface area contributed by atoms with E-state index in [2.05, 4.69) is 5.32 Å². The van der Waals surface area contributed by atoms with Crippen LogP contribution in [0.4, 0.5) is 0 Å². The van der Waals surface area contributed by atoms with E-state index in [9.17, 15) is 19.2 Å². The third-order valence-corrected chi connectivity index (χ3v) is 6.98. The maximum Gasteiger partial charge on any atom is 0.256 e. The average Bonchev–Trinajstić information content (AvgIpc) is 3.28. The summed E-state index contributed by atoms with van der Waals surface area (Å²) in [4.78, 5) is 51.5. The Kier molecular flexibility index (Phi) is 5.91. The van der Waals surface area contributed by atoms with Gasteiger partial charge in [-0.3, -0.25) is 24.5 Å². The highest BCUT2D eigenvalue weighted by atomic mass is 32.1. The lowest BCUT2D eigenvalue weighted by molar-refractivity contribution is -0.137. The molecule has 1 atom stereocenters. The average molecular weight is 441 g/mol. The number of ketones is 1. The van der Waals surface area contributed by atoms with Gasteiger partial charge in [0, 0.05) is 36.1 Å². The first-order valence-electron chi connectivity index (χ1n) is 10.3. The van der Waals surface area contributed by atoms with Gasteiger partial charge >= 0.3 is 0 Å². The molecule has 0 radical (unpaired) electrons. The standard InChI is InChI=1S/C23H24N2O5S/c1-13-3-4-14(10-19(13)30-2)9-15(26)5-7-20-16-11-25(23(29)17(16)12-31-20)18-6-8-21(27)24-22(18)28/h3-4,10,12,18H,5-9,11H2,1-2H3,(H,24,27,28). The number of aryl methyl sites for hydroxylation is 2. The first-order chi connectivity index (χ1) is 14.9. The fourth-order valence-corrected chi connectivity index (χ4v) is 5.20. The Morgan fingerprint density at radius 3 is 2.84 bits per heavy atom. The Hall–Kier alpha value is -3.00. The molecule has 7 nitrogen and oxygen atoms in total. The van der Waals surface area contributed by atoms with E-state index in [1.54, 1.807) is 12.0 Å². The monoisotopic (exact) mass is 440 g/mol. The van der Waals surface area contributed by atoms with Crippen molar-refractivity contribution >= 4 is 34.8 Å². The van der Waals surface area contributed by atoms with Crippen LogP contribution in [-0.4, -0.2) is 41.6 Å². The number of Topliss-reactive ketones (excluding diaryl/α,β-unsaturated/α-hetero) is 1. The zero-order valence-electron chi connectivity index (χ0n) is 17.5. The molecule has 3 heterocycles. The molecule has 0 spiro atoms. The van der Waals surface area contributed by atoms with Gasteiger partial charge in [-0.1, -0.05) is 12.1 Å². The highest BCUT2D eigenvalue weighted by molar-refractivity contribution is 7.10. The maximum absolute atomic E-state index is 12.8. The van der Waals surface area contributed by atoms with Crippen LogP contribution in [0.1, 0.15) is 51.2 Å². The normalized spacial score (nSPS) is 18.2. The molecule has 2 aromatic rings. The van der Waals surface area contributed by atoms with Crippen LogP contribution in [0.2, 0.25) is 0 Å². The minimum absolute atomic E-state index is 0.124. The molecule has 1 aromatic heterocycles. The number of hydrogen-bond donors (Lipinski definition) is 1. The van der Waals surface area contributed by atoms with Crippen molar-refractivity contribution < 1.29 is 23.9 Å². The Balaban J connectivity index is 1.39. The summed E-state index contributed by atoms with van der Waals surface area (Å²) in [6, 6.07) is 5.17. The molecule has 162 valence electrons. The number of piperidine rings is 1. The van der Waals surface area contributed by atoms with Gasteiger partial charge in [0.05, 0.1) is 12.7 Å². The third-order valence-electron chi connectivity index (χ3n) is 5.89. The van der Waals surface area contributed by atoms with Crippen molar-refractivity contribution in [2.24, 2.45) is 0 Å². The Bertz CT molecular complexity index is 1070. The number of fused-ring (bicyclic) bond motifs is 1. The SMILES string of the molecule is COc1cc(CC(=O)CCc2scc3c2CN(C2CCC(=O)NC2=O)C3=O)ccc1C. The van der Waals surface area contributed by atoms with Gasteiger partial charge < -0.3 is 9.64 Å². The minimum atomic E-state index is -0.617. The van der Waals surface area contributed by atoms with Crippen LogP contribution >= 0.6 is 11.3 Å². The second-order valence-electron chi connectivity index (χ2n) is 7.97. The lowest BCUT2D eigenvalue weighted by Gasteiger charge is -2.29. The molecule has 8 heteroatoms. The highest BCUT2D eigenvalue weighted by Gasteiger charge is 2.40. The van der Waals surface area contributed by atoms with E-state index in [1.165, 1.54) is 11.3 Å². The Labute approximate surface area is 184 Å². The molecular formula is C23H24N2O5S. The highest BCUT2D eigenvalue weighted by Crippen LogP contribution is 2.34. The molecule has 1 unspecified atom stereocenters. The fraction of sp³-hybridized carbons (Fsp3) is 0.391. The number of imide groups is 1. The van der Waals surface area contributed by atoms with E-state index in [0.717, 1.165) is 27.3 Å². The number of thiophene rings is 1. The van der Waals surface area contributed by atoms with Gasteiger partial charge in [0.2, 0.25) is 11.8 Å². The predicted octanol–water partition coefficient (Wildman–Crippen LogP) is 2.57. The van der Waals surface area contributed by atoms with E-state index in [0.29, 0.717) is 37.8 Å². The van der Waals surface area contributed by atoms with Crippen LogP contribution in [0.5, 0.6) is 5.75 Å². The fourth-order valence-electron chi connectivity index (χ4n) is 4.16. The van der Waals surface area contributed by atoms with Crippen LogP contribution in [0.15, 0.2) is 23.6 Å². The van der Waals surface area contributed by atoms with Crippen LogP contribution in [0.25, 0.3) is 0 Å². The van der Waals surface area contributed by atoms with Crippen molar-refractivity contribution in [3.8, 4) is 5.75 Å². The number of benzene rings is 1. The number of ether oxygens (including phenoxy) is 1. The van der Waals surface area contributed by atoms with Gasteiger partial charge in [-0.15, -0.1) is 11.3 Å². The molecule has 0 bridgehead atoms. The van der Waals surface area contributed by atoms with Crippen molar-refractivity contribution in [1.29, 1.82) is 0 Å². The molecule has 1 N–H and O–H groups in total. The van der Waals surface area contributed by atoms with Crippen LogP contribution in [-0.2, 0) is 33.8 Å². The van der Waals surface area contributed by atoms with E-state index >= 15 is 0 Å². The van der Waals surface area contributed by atoms with E-state index < -0.39 is 11.9 Å². The van der Waals surface area contributed by atoms with E-state index in [-0.39, 0.29) is 24.0 Å². The van der Waals surface area contributed by atoms with Crippen molar-refractivity contribution in [3.05, 3.63) is 50.7 Å². The zero-order valence-corrected chi connectivity index (χ0v) is 18.3. The van der Waals surface area contributed by atoms with Gasteiger partial charge in [0.15, 0.2) is 0 Å². The second-order valence-corrected chi connectivity index (χ2v) is 8.93. The number of hydrogen-bond acceptors (Lipinski definition) is 6. The summed E-state index contributed by atoms with van der Waals surface area (Å²) in [5, 5.41) is 4.13. The maximum atomic E-state index is 12.8.